The third-order valence-corrected chi connectivity index (χ3v) is 6.44. The van der Waals surface area contributed by atoms with Crippen molar-refractivity contribution >= 4 is 17.4 Å². The van der Waals surface area contributed by atoms with Crippen LogP contribution in [0.5, 0.6) is 0 Å². The van der Waals surface area contributed by atoms with Crippen molar-refractivity contribution in [1.29, 1.82) is 0 Å². The number of carboxylic acid groups (broad SMARTS) is 1. The van der Waals surface area contributed by atoms with Gasteiger partial charge < -0.3 is 15.3 Å². The molecule has 4 rings (SSSR count). The van der Waals surface area contributed by atoms with Crippen molar-refractivity contribution in [2.75, 3.05) is 25.0 Å². The van der Waals surface area contributed by atoms with Crippen LogP contribution in [0.4, 0.5) is 10.1 Å². The smallest absolute Gasteiger partial charge is 0.330 e. The fourth-order valence-electron chi connectivity index (χ4n) is 4.31. The topological polar surface area (TPSA) is 70.8 Å². The molecule has 0 spiro atoms. The number of hydrogen-bond donors (Lipinski definition) is 3. The number of Topliss-reactive ketones (excluding diaryl/α,β-unsaturated/α-hetero) is 1. The minimum absolute atomic E-state index is 0.0713. The summed E-state index contributed by atoms with van der Waals surface area (Å²) in [5.41, 5.74) is 1.77. The first-order valence-electron chi connectivity index (χ1n) is 12.2. The van der Waals surface area contributed by atoms with E-state index in [2.05, 4.69) is 12.2 Å². The monoisotopic (exact) mass is 477 g/mol. The number of anilines is 1. The zero-order chi connectivity index (χ0) is 25.0. The van der Waals surface area contributed by atoms with Crippen LogP contribution in [-0.2, 0) is 4.79 Å². The van der Waals surface area contributed by atoms with Gasteiger partial charge in [0.25, 0.3) is 0 Å². The number of carboxylic acids is 1. The number of piperidine rings is 1. The predicted molar refractivity (Wildman–Crippen MR) is 136 cm³/mol. The molecule has 1 aliphatic heterocycles. The molecule has 184 valence electrons. The number of carbonyl (C=O) groups excluding carboxylic acids is 1. The summed E-state index contributed by atoms with van der Waals surface area (Å²) in [4.78, 5) is 24.6. The second-order valence-electron chi connectivity index (χ2n) is 8.87. The number of ketones is 1. The quantitative estimate of drug-likeness (QED) is 0.414. The molecule has 1 atom stereocenters. The van der Waals surface area contributed by atoms with Crippen LogP contribution in [0.15, 0.2) is 84.9 Å². The number of aliphatic carboxylic acids is 1. The Morgan fingerprint density at radius 1 is 0.943 bits per heavy atom. The molecular weight excluding hydrogens is 443 g/mol. The van der Waals surface area contributed by atoms with Gasteiger partial charge in [-0.25, -0.2) is 9.18 Å². The van der Waals surface area contributed by atoms with E-state index in [9.17, 15) is 19.1 Å². The second-order valence-corrected chi connectivity index (χ2v) is 8.87. The van der Waals surface area contributed by atoms with Crippen LogP contribution in [0.1, 0.15) is 48.1 Å². The predicted octanol–water partition coefficient (Wildman–Crippen LogP) is 4.64. The van der Waals surface area contributed by atoms with Crippen LogP contribution in [-0.4, -0.2) is 36.5 Å². The highest BCUT2D eigenvalue weighted by Crippen LogP contribution is 2.19. The molecule has 1 unspecified atom stereocenters. The molecule has 3 N–H and O–H groups in total. The van der Waals surface area contributed by atoms with Crippen LogP contribution in [0.2, 0.25) is 0 Å². The summed E-state index contributed by atoms with van der Waals surface area (Å²) in [5.74, 6) is -0.541. The Labute approximate surface area is 206 Å². The molecule has 1 saturated heterocycles. The van der Waals surface area contributed by atoms with Gasteiger partial charge in [-0.3, -0.25) is 4.79 Å². The van der Waals surface area contributed by atoms with Gasteiger partial charge >= 0.3 is 5.97 Å². The number of carbonyl (C=O) groups is 2. The molecule has 5 nitrogen and oxygen atoms in total. The maximum Gasteiger partial charge on any atom is 0.330 e. The average Bonchev–Trinajstić information content (AvgIpc) is 2.89. The van der Waals surface area contributed by atoms with E-state index in [0.29, 0.717) is 6.54 Å². The largest absolute Gasteiger partial charge is 0.479 e. The van der Waals surface area contributed by atoms with Crippen molar-refractivity contribution in [3.05, 3.63) is 102 Å². The van der Waals surface area contributed by atoms with Crippen LogP contribution in [0.25, 0.3) is 0 Å². The Hall–Kier alpha value is -3.51. The average molecular weight is 478 g/mol. The van der Waals surface area contributed by atoms with Crippen molar-refractivity contribution in [2.45, 2.75) is 32.2 Å². The van der Waals surface area contributed by atoms with Gasteiger partial charge in [-0.15, -0.1) is 0 Å². The first-order chi connectivity index (χ1) is 17.0. The zero-order valence-corrected chi connectivity index (χ0v) is 20.1. The molecule has 0 aliphatic carbocycles. The van der Waals surface area contributed by atoms with Crippen molar-refractivity contribution in [1.82, 2.24) is 0 Å². The lowest BCUT2D eigenvalue weighted by Gasteiger charge is -2.28. The highest BCUT2D eigenvalue weighted by atomic mass is 19.1. The number of para-hydroxylation sites is 1. The minimum Gasteiger partial charge on any atom is -0.479 e. The Morgan fingerprint density at radius 3 is 2.09 bits per heavy atom. The molecule has 1 aliphatic rings. The molecule has 0 aromatic heterocycles. The summed E-state index contributed by atoms with van der Waals surface area (Å²) >= 11 is 0. The van der Waals surface area contributed by atoms with Crippen molar-refractivity contribution in [3.8, 4) is 0 Å². The summed E-state index contributed by atoms with van der Waals surface area (Å²) < 4.78 is 13.5. The van der Waals surface area contributed by atoms with E-state index >= 15 is 0 Å². The fourth-order valence-corrected chi connectivity index (χ4v) is 4.31. The van der Waals surface area contributed by atoms with Gasteiger partial charge in [0.05, 0.1) is 18.7 Å². The van der Waals surface area contributed by atoms with E-state index in [0.717, 1.165) is 30.3 Å². The van der Waals surface area contributed by atoms with Gasteiger partial charge in [-0.1, -0.05) is 74.0 Å². The lowest BCUT2D eigenvalue weighted by atomic mass is 9.94. The van der Waals surface area contributed by atoms with E-state index in [4.69, 9.17) is 0 Å². The van der Waals surface area contributed by atoms with E-state index in [1.807, 2.05) is 48.5 Å². The summed E-state index contributed by atoms with van der Waals surface area (Å²) in [6, 6.07) is 24.0. The maximum atomic E-state index is 13.5. The van der Waals surface area contributed by atoms with Crippen LogP contribution < -0.4 is 10.2 Å². The molecule has 3 aromatic rings. The van der Waals surface area contributed by atoms with Gasteiger partial charge in [0.15, 0.2) is 6.04 Å². The fraction of sp³-hybridized carbons (Fsp3) is 0.310. The lowest BCUT2D eigenvalue weighted by molar-refractivity contribution is -0.897. The van der Waals surface area contributed by atoms with Crippen molar-refractivity contribution < 1.29 is 24.0 Å². The molecule has 0 bridgehead atoms. The molecule has 1 fully saturated rings. The summed E-state index contributed by atoms with van der Waals surface area (Å²) in [6.07, 6.45) is 3.61. The number of nitrogens with one attached hydrogen (secondary N) is 2. The second kappa shape index (κ2) is 13.4. The van der Waals surface area contributed by atoms with E-state index in [-0.39, 0.29) is 11.3 Å². The molecule has 0 amide bonds. The standard InChI is InChI=1S/C15H20FNO.C14H13NO2/c1-2-12-7-9-17(10-8-12)11-15(18)13-5-3-4-6-14(13)16;16-14(17)13(11-7-3-1-4-8-11)15-12-9-5-2-6-10-12/h3-6,12H,2,7-11H2,1H3;1-10,13,15H,(H,16,17)/p+1. The van der Waals surface area contributed by atoms with Gasteiger partial charge in [-0.05, 0) is 48.6 Å². The molecule has 35 heavy (non-hydrogen) atoms. The van der Waals surface area contributed by atoms with Crippen molar-refractivity contribution in [3.63, 3.8) is 0 Å². The zero-order valence-electron chi connectivity index (χ0n) is 20.1. The number of likely N-dealkylation sites (tertiary alicyclic amines) is 1. The number of rotatable bonds is 8. The highest BCUT2D eigenvalue weighted by molar-refractivity contribution is 5.97. The third kappa shape index (κ3) is 8.04. The van der Waals surface area contributed by atoms with E-state index < -0.39 is 17.8 Å². The number of quaternary nitrogens is 1. The molecule has 1 heterocycles. The van der Waals surface area contributed by atoms with Crippen molar-refractivity contribution in [2.24, 2.45) is 5.92 Å². The molecule has 0 saturated carbocycles. The molecule has 3 aromatic carbocycles. The number of hydrogen-bond acceptors (Lipinski definition) is 3. The maximum absolute atomic E-state index is 13.5. The van der Waals surface area contributed by atoms with E-state index in [1.54, 1.807) is 30.3 Å². The lowest BCUT2D eigenvalue weighted by Crippen LogP contribution is -3.13. The van der Waals surface area contributed by atoms with Crippen LogP contribution in [0, 0.1) is 11.7 Å². The van der Waals surface area contributed by atoms with Crippen LogP contribution in [0.3, 0.4) is 0 Å². The first kappa shape index (κ1) is 26.1. The molecular formula is C29H34FN2O3+. The molecule has 0 radical (unpaired) electrons. The minimum atomic E-state index is -0.889. The SMILES string of the molecule is CCC1CC[NH+](CC(=O)c2ccccc2F)CC1.O=C(O)C(Nc1ccccc1)c1ccccc1. The summed E-state index contributed by atoms with van der Waals surface area (Å²) in [7, 11) is 0. The molecule has 6 heteroatoms. The Balaban J connectivity index is 0.000000196. The Kier molecular flexibility index (Phi) is 9.99. The normalized spacial score (nSPS) is 18.0. The number of halogens is 1. The van der Waals surface area contributed by atoms with Gasteiger partial charge in [0, 0.05) is 5.69 Å². The Morgan fingerprint density at radius 2 is 1.51 bits per heavy atom. The summed E-state index contributed by atoms with van der Waals surface area (Å²) in [5, 5.41) is 12.2. The first-order valence-corrected chi connectivity index (χ1v) is 12.2. The van der Waals surface area contributed by atoms with Crippen LogP contribution >= 0.6 is 0 Å². The number of benzene rings is 3. The van der Waals surface area contributed by atoms with Gasteiger partial charge in [0.1, 0.15) is 12.4 Å². The van der Waals surface area contributed by atoms with Gasteiger partial charge in [-0.2, -0.15) is 0 Å². The van der Waals surface area contributed by atoms with Gasteiger partial charge in [0.2, 0.25) is 5.78 Å². The van der Waals surface area contributed by atoms with E-state index in [1.165, 1.54) is 30.2 Å². The Bertz CT molecular complexity index is 1070. The third-order valence-electron chi connectivity index (χ3n) is 6.44. The summed E-state index contributed by atoms with van der Waals surface area (Å²) in [6.45, 7) is 4.73. The highest BCUT2D eigenvalue weighted by Gasteiger charge is 2.24.